The molecule has 2 N–H and O–H groups in total. The average Bonchev–Trinajstić information content (AvgIpc) is 2.39. The number of piperidine rings is 1. The molecule has 0 unspecified atom stereocenters. The molecule has 2 rings (SSSR count). The van der Waals surface area contributed by atoms with Crippen LogP contribution in [0.15, 0.2) is 0 Å². The number of amides is 1. The second-order valence-corrected chi connectivity index (χ2v) is 4.55. The van der Waals surface area contributed by atoms with E-state index < -0.39 is 0 Å². The number of nitrogens with zero attached hydrogens (tertiary/aromatic N) is 1. The molecule has 1 amide bonds. The van der Waals surface area contributed by atoms with Gasteiger partial charge < -0.3 is 14.5 Å². The molecule has 5 nitrogen and oxygen atoms in total. The lowest BCUT2D eigenvalue weighted by Crippen LogP contribution is -2.45. The first-order valence-corrected chi connectivity index (χ1v) is 6.03. The van der Waals surface area contributed by atoms with Crippen molar-refractivity contribution >= 4 is 5.91 Å². The fourth-order valence-electron chi connectivity index (χ4n) is 2.42. The van der Waals surface area contributed by atoms with Crippen LogP contribution in [0.25, 0.3) is 0 Å². The Kier molecular flexibility index (Phi) is 4.15. The highest BCUT2D eigenvalue weighted by atomic mass is 16.6. The van der Waals surface area contributed by atoms with Crippen LogP contribution in [0.2, 0.25) is 0 Å². The van der Waals surface area contributed by atoms with Crippen molar-refractivity contribution < 1.29 is 14.4 Å². The summed E-state index contributed by atoms with van der Waals surface area (Å²) >= 11 is 0. The highest BCUT2D eigenvalue weighted by molar-refractivity contribution is 5.79. The molecular weight excluding hydrogens is 208 g/mol. The van der Waals surface area contributed by atoms with Crippen LogP contribution >= 0.6 is 0 Å². The van der Waals surface area contributed by atoms with E-state index in [0.717, 1.165) is 52.0 Å². The second kappa shape index (κ2) is 5.61. The molecule has 2 fully saturated rings. The van der Waals surface area contributed by atoms with Crippen molar-refractivity contribution in [2.45, 2.75) is 31.8 Å². The lowest BCUT2D eigenvalue weighted by Gasteiger charge is -2.34. The number of ether oxygens (including phenoxy) is 1. The highest BCUT2D eigenvalue weighted by Crippen LogP contribution is 2.20. The summed E-state index contributed by atoms with van der Waals surface area (Å²) in [6, 6.07) is 0. The number of carbonyl (C=O) groups excluding carboxylic acids is 1. The molecule has 16 heavy (non-hydrogen) atoms. The molecular formula is C11H20N2O3. The van der Waals surface area contributed by atoms with E-state index in [1.807, 2.05) is 4.90 Å². The van der Waals surface area contributed by atoms with Gasteiger partial charge in [-0.15, -0.1) is 0 Å². The zero-order valence-corrected chi connectivity index (χ0v) is 9.56. The van der Waals surface area contributed by atoms with Gasteiger partial charge >= 0.3 is 0 Å². The number of likely N-dealkylation sites (tertiary alicyclic amines) is 1. The number of nitrogens with two attached hydrogens (primary N) is 1. The Labute approximate surface area is 95.8 Å². The molecule has 0 radical (unpaired) electrons. The van der Waals surface area contributed by atoms with Gasteiger partial charge in [-0.3, -0.25) is 4.79 Å². The Hall–Kier alpha value is -0.650. The fraction of sp³-hybridized carbons (Fsp3) is 0.909. The van der Waals surface area contributed by atoms with Crippen LogP contribution in [0, 0.1) is 5.92 Å². The number of rotatable bonds is 2. The first-order valence-electron chi connectivity index (χ1n) is 6.03. The summed E-state index contributed by atoms with van der Waals surface area (Å²) in [6.07, 6.45) is 3.56. The van der Waals surface area contributed by atoms with E-state index >= 15 is 0 Å². The molecule has 0 spiro atoms. The van der Waals surface area contributed by atoms with E-state index in [0.29, 0.717) is 5.91 Å². The molecule has 0 bridgehead atoms. The molecule has 0 atom stereocenters. The molecule has 0 aromatic carbocycles. The van der Waals surface area contributed by atoms with Crippen molar-refractivity contribution in [1.29, 1.82) is 0 Å². The summed E-state index contributed by atoms with van der Waals surface area (Å²) in [5.74, 6) is 5.61. The van der Waals surface area contributed by atoms with Crippen molar-refractivity contribution in [2.24, 2.45) is 11.8 Å². The number of hydrogen-bond donors (Lipinski definition) is 1. The maximum atomic E-state index is 12.1. The lowest BCUT2D eigenvalue weighted by molar-refractivity contribution is -0.141. The van der Waals surface area contributed by atoms with Gasteiger partial charge in [0.25, 0.3) is 0 Å². The SMILES string of the molecule is NOC1CCN(C(=O)C2CCOCC2)CC1. The summed E-state index contributed by atoms with van der Waals surface area (Å²) in [5.41, 5.74) is 0. The van der Waals surface area contributed by atoms with Gasteiger partial charge in [0.15, 0.2) is 0 Å². The molecule has 2 saturated heterocycles. The third-order valence-electron chi connectivity index (χ3n) is 3.52. The Morgan fingerprint density at radius 2 is 1.81 bits per heavy atom. The molecule has 0 aromatic heterocycles. The largest absolute Gasteiger partial charge is 0.381 e. The maximum absolute atomic E-state index is 12.1. The quantitative estimate of drug-likeness (QED) is 0.690. The van der Waals surface area contributed by atoms with Gasteiger partial charge in [0.2, 0.25) is 5.91 Å². The van der Waals surface area contributed by atoms with Gasteiger partial charge in [-0.25, -0.2) is 5.90 Å². The molecule has 0 aromatic rings. The van der Waals surface area contributed by atoms with Crippen LogP contribution in [-0.4, -0.2) is 43.2 Å². The lowest BCUT2D eigenvalue weighted by atomic mass is 9.97. The summed E-state index contributed by atoms with van der Waals surface area (Å²) < 4.78 is 5.26. The van der Waals surface area contributed by atoms with Crippen LogP contribution < -0.4 is 5.90 Å². The van der Waals surface area contributed by atoms with Gasteiger partial charge in [-0.05, 0) is 25.7 Å². The Bertz CT molecular complexity index is 233. The van der Waals surface area contributed by atoms with Crippen molar-refractivity contribution in [3.63, 3.8) is 0 Å². The normalized spacial score (nSPS) is 24.7. The predicted molar refractivity (Wildman–Crippen MR) is 58.4 cm³/mol. The van der Waals surface area contributed by atoms with Crippen LogP contribution in [0.1, 0.15) is 25.7 Å². The summed E-state index contributed by atoms with van der Waals surface area (Å²) in [4.78, 5) is 18.9. The topological polar surface area (TPSA) is 64.8 Å². The molecule has 0 aliphatic carbocycles. The fourth-order valence-corrected chi connectivity index (χ4v) is 2.42. The molecule has 0 saturated carbocycles. The Morgan fingerprint density at radius 1 is 1.19 bits per heavy atom. The Morgan fingerprint density at radius 3 is 2.38 bits per heavy atom. The summed E-state index contributed by atoms with van der Waals surface area (Å²) in [6.45, 7) is 2.99. The van der Waals surface area contributed by atoms with E-state index in [1.54, 1.807) is 0 Å². The summed E-state index contributed by atoms with van der Waals surface area (Å²) in [5, 5.41) is 0. The molecule has 92 valence electrons. The molecule has 2 aliphatic rings. The minimum Gasteiger partial charge on any atom is -0.381 e. The molecule has 2 aliphatic heterocycles. The van der Waals surface area contributed by atoms with Crippen molar-refractivity contribution in [1.82, 2.24) is 4.90 Å². The van der Waals surface area contributed by atoms with Gasteiger partial charge in [0.1, 0.15) is 0 Å². The first-order chi connectivity index (χ1) is 7.81. The standard InChI is InChI=1S/C11H20N2O3/c12-16-10-1-5-13(6-2-10)11(14)9-3-7-15-8-4-9/h9-10H,1-8,12H2. The van der Waals surface area contributed by atoms with Crippen molar-refractivity contribution in [3.8, 4) is 0 Å². The predicted octanol–water partition coefficient (Wildman–Crippen LogP) is 0.294. The maximum Gasteiger partial charge on any atom is 0.225 e. The van der Waals surface area contributed by atoms with E-state index in [2.05, 4.69) is 0 Å². The Balaban J connectivity index is 1.81. The van der Waals surface area contributed by atoms with Crippen LogP contribution in [0.3, 0.4) is 0 Å². The first kappa shape index (κ1) is 11.8. The van der Waals surface area contributed by atoms with E-state index in [4.69, 9.17) is 15.5 Å². The second-order valence-electron chi connectivity index (χ2n) is 4.55. The van der Waals surface area contributed by atoms with Gasteiger partial charge in [-0.1, -0.05) is 0 Å². The van der Waals surface area contributed by atoms with Crippen molar-refractivity contribution in [2.75, 3.05) is 26.3 Å². The van der Waals surface area contributed by atoms with Crippen LogP contribution in [0.5, 0.6) is 0 Å². The third kappa shape index (κ3) is 2.72. The number of hydrogen-bond acceptors (Lipinski definition) is 4. The van der Waals surface area contributed by atoms with Crippen LogP contribution in [-0.2, 0) is 14.4 Å². The van der Waals surface area contributed by atoms with Crippen molar-refractivity contribution in [3.05, 3.63) is 0 Å². The highest BCUT2D eigenvalue weighted by Gasteiger charge is 2.29. The van der Waals surface area contributed by atoms with Gasteiger partial charge in [0, 0.05) is 32.2 Å². The summed E-state index contributed by atoms with van der Waals surface area (Å²) in [7, 11) is 0. The van der Waals surface area contributed by atoms with Crippen LogP contribution in [0.4, 0.5) is 0 Å². The monoisotopic (exact) mass is 228 g/mol. The third-order valence-corrected chi connectivity index (χ3v) is 3.52. The molecule has 2 heterocycles. The minimum atomic E-state index is 0.124. The average molecular weight is 228 g/mol. The van der Waals surface area contributed by atoms with E-state index in [1.165, 1.54) is 0 Å². The molecule has 5 heteroatoms. The van der Waals surface area contributed by atoms with Gasteiger partial charge in [-0.2, -0.15) is 0 Å². The smallest absolute Gasteiger partial charge is 0.225 e. The number of carbonyl (C=O) groups is 1. The van der Waals surface area contributed by atoms with E-state index in [-0.39, 0.29) is 12.0 Å². The zero-order chi connectivity index (χ0) is 11.4. The van der Waals surface area contributed by atoms with Gasteiger partial charge in [0.05, 0.1) is 6.10 Å². The van der Waals surface area contributed by atoms with E-state index in [9.17, 15) is 4.79 Å². The zero-order valence-electron chi connectivity index (χ0n) is 9.56. The minimum absolute atomic E-state index is 0.124.